The van der Waals surface area contributed by atoms with Crippen LogP contribution < -0.4 is 20.7 Å². The molecule has 0 saturated heterocycles. The van der Waals surface area contributed by atoms with E-state index in [0.717, 1.165) is 17.1 Å². The molecule has 4 heteroatoms. The van der Waals surface area contributed by atoms with Crippen LogP contribution in [-0.4, -0.2) is 21.8 Å². The summed E-state index contributed by atoms with van der Waals surface area (Å²) in [7, 11) is -2.79. The van der Waals surface area contributed by atoms with Crippen LogP contribution in [0.4, 0.5) is 0 Å². The molecule has 0 atom stereocenters. The smallest absolute Gasteiger partial charge is 0.179 e. The quantitative estimate of drug-likeness (QED) is 0.112. The second kappa shape index (κ2) is 14.5. The predicted molar refractivity (Wildman–Crippen MR) is 273 cm³/mol. The minimum absolute atomic E-state index is 1.14. The van der Waals surface area contributed by atoms with Gasteiger partial charge in [0.25, 0.3) is 0 Å². The summed E-state index contributed by atoms with van der Waals surface area (Å²) < 4.78 is 7.33. The Labute approximate surface area is 372 Å². The fourth-order valence-electron chi connectivity index (χ4n) is 10.9. The van der Waals surface area contributed by atoms with E-state index in [1.54, 1.807) is 0 Å². The molecule has 0 aliphatic carbocycles. The molecule has 0 aliphatic heterocycles. The van der Waals surface area contributed by atoms with E-state index in [9.17, 15) is 0 Å². The first-order valence-corrected chi connectivity index (χ1v) is 24.1. The van der Waals surface area contributed by atoms with Crippen LogP contribution in [-0.2, 0) is 0 Å². The Kier molecular flexibility index (Phi) is 8.23. The summed E-state index contributed by atoms with van der Waals surface area (Å²) >= 11 is 0. The third-order valence-corrected chi connectivity index (χ3v) is 18.3. The molecule has 3 aromatic heterocycles. The fraction of sp³-hybridized carbons (Fsp3) is 0. The third-order valence-electron chi connectivity index (χ3n) is 13.6. The first-order valence-electron chi connectivity index (χ1n) is 22.1. The van der Waals surface area contributed by atoms with Gasteiger partial charge in [0.15, 0.2) is 8.07 Å². The van der Waals surface area contributed by atoms with Gasteiger partial charge in [0.05, 0.1) is 33.1 Å². The first kappa shape index (κ1) is 36.5. The molecule has 0 fully saturated rings. The van der Waals surface area contributed by atoms with Gasteiger partial charge in [0.2, 0.25) is 0 Å². The molecule has 10 aromatic carbocycles. The lowest BCUT2D eigenvalue weighted by Crippen LogP contribution is -2.74. The zero-order valence-electron chi connectivity index (χ0n) is 35.0. The standard InChI is InChI=1S/C60H41N3Si/c1-5-19-42(20-6-1)61-59-37-34-44(63-57-32-18-15-29-51(57)52-39-43(33-36-58(52)63)62-55-30-16-13-27-49(55)50-28-14-17-31-56(50)62)40-53(59)54-41-48(35-38-60(54)61)64(45-21-7-2-8-22-45,46-23-9-3-10-24-46)47-25-11-4-12-26-47/h1-41H. The second-order valence-electron chi connectivity index (χ2n) is 16.9. The Hall–Kier alpha value is -8.18. The minimum atomic E-state index is -2.79. The van der Waals surface area contributed by atoms with E-state index in [4.69, 9.17) is 0 Å². The molecule has 0 bridgehead atoms. The number of benzene rings is 10. The Morgan fingerprint density at radius 1 is 0.203 bits per heavy atom. The third kappa shape index (κ3) is 5.33. The van der Waals surface area contributed by atoms with Gasteiger partial charge in [-0.05, 0) is 93.5 Å². The van der Waals surface area contributed by atoms with Crippen LogP contribution in [0, 0.1) is 0 Å². The van der Waals surface area contributed by atoms with Gasteiger partial charge in [-0.3, -0.25) is 0 Å². The normalized spacial score (nSPS) is 12.1. The van der Waals surface area contributed by atoms with Gasteiger partial charge >= 0.3 is 0 Å². The number of para-hydroxylation sites is 4. The Balaban J connectivity index is 1.08. The second-order valence-corrected chi connectivity index (χ2v) is 20.7. The van der Waals surface area contributed by atoms with Crippen molar-refractivity contribution >= 4 is 94.2 Å². The van der Waals surface area contributed by atoms with Crippen molar-refractivity contribution < 1.29 is 0 Å². The zero-order valence-corrected chi connectivity index (χ0v) is 36.0. The average molecular weight is 832 g/mol. The molecule has 13 rings (SSSR count). The van der Waals surface area contributed by atoms with Crippen molar-refractivity contribution in [2.45, 2.75) is 0 Å². The first-order chi connectivity index (χ1) is 31.8. The van der Waals surface area contributed by atoms with E-state index in [1.807, 2.05) is 0 Å². The SMILES string of the molecule is c1ccc(-n2c3ccc(-n4c5ccccc5c5cc(-n6c7ccccc7c7ccccc76)ccc54)cc3c3cc([Si](c4ccccc4)(c4ccccc4)c4ccccc4)ccc32)cc1. The molecule has 0 amide bonds. The van der Waals surface area contributed by atoms with Crippen molar-refractivity contribution in [3.8, 4) is 17.1 Å². The molecule has 3 heterocycles. The Morgan fingerprint density at radius 3 is 0.969 bits per heavy atom. The number of hydrogen-bond donors (Lipinski definition) is 0. The molecule has 0 saturated carbocycles. The molecule has 0 unspecified atom stereocenters. The molecular weight excluding hydrogens is 791 g/mol. The van der Waals surface area contributed by atoms with Crippen LogP contribution in [0.2, 0.25) is 0 Å². The van der Waals surface area contributed by atoms with Crippen molar-refractivity contribution in [3.05, 3.63) is 249 Å². The van der Waals surface area contributed by atoms with Crippen LogP contribution in [0.1, 0.15) is 0 Å². The highest BCUT2D eigenvalue weighted by Crippen LogP contribution is 2.39. The number of hydrogen-bond acceptors (Lipinski definition) is 0. The predicted octanol–water partition coefficient (Wildman–Crippen LogP) is 12.4. The number of aromatic nitrogens is 3. The molecule has 0 N–H and O–H groups in total. The van der Waals surface area contributed by atoms with Gasteiger partial charge in [0, 0.05) is 49.4 Å². The maximum Gasteiger partial charge on any atom is 0.179 e. The minimum Gasteiger partial charge on any atom is -0.309 e. The van der Waals surface area contributed by atoms with Crippen LogP contribution >= 0.6 is 0 Å². The summed E-state index contributed by atoms with van der Waals surface area (Å²) in [6.07, 6.45) is 0. The molecule has 300 valence electrons. The van der Waals surface area contributed by atoms with Crippen molar-refractivity contribution in [1.82, 2.24) is 13.7 Å². The maximum absolute atomic E-state index is 2.79. The van der Waals surface area contributed by atoms with E-state index >= 15 is 0 Å². The number of fused-ring (bicyclic) bond motifs is 9. The molecule has 3 nitrogen and oxygen atoms in total. The Morgan fingerprint density at radius 2 is 0.516 bits per heavy atom. The molecule has 64 heavy (non-hydrogen) atoms. The van der Waals surface area contributed by atoms with Gasteiger partial charge in [-0.15, -0.1) is 0 Å². The largest absolute Gasteiger partial charge is 0.309 e. The van der Waals surface area contributed by atoms with Crippen LogP contribution in [0.25, 0.3) is 82.5 Å². The van der Waals surface area contributed by atoms with Gasteiger partial charge < -0.3 is 13.7 Å². The maximum atomic E-state index is 2.53. The zero-order chi connectivity index (χ0) is 42.2. The molecule has 13 aromatic rings. The molecule has 0 aliphatic rings. The van der Waals surface area contributed by atoms with Crippen molar-refractivity contribution in [2.24, 2.45) is 0 Å². The number of rotatable bonds is 7. The average Bonchev–Trinajstić information content (AvgIpc) is 4.00. The Bertz CT molecular complexity index is 3730. The lowest BCUT2D eigenvalue weighted by molar-refractivity contribution is 1.16. The van der Waals surface area contributed by atoms with Crippen LogP contribution in [0.3, 0.4) is 0 Å². The van der Waals surface area contributed by atoms with E-state index in [2.05, 4.69) is 262 Å². The lowest BCUT2D eigenvalue weighted by Gasteiger charge is -2.34. The topological polar surface area (TPSA) is 14.8 Å². The number of nitrogens with zero attached hydrogens (tertiary/aromatic N) is 3. The summed E-state index contributed by atoms with van der Waals surface area (Å²) in [5, 5.41) is 12.9. The highest BCUT2D eigenvalue weighted by molar-refractivity contribution is 7.20. The lowest BCUT2D eigenvalue weighted by atomic mass is 10.1. The highest BCUT2D eigenvalue weighted by Gasteiger charge is 2.41. The summed E-state index contributed by atoms with van der Waals surface area (Å²) in [5.74, 6) is 0. The van der Waals surface area contributed by atoms with Gasteiger partial charge in [-0.25, -0.2) is 0 Å². The summed E-state index contributed by atoms with van der Waals surface area (Å²) in [5.41, 5.74) is 10.6. The van der Waals surface area contributed by atoms with Gasteiger partial charge in [0.1, 0.15) is 0 Å². The van der Waals surface area contributed by atoms with E-state index in [0.29, 0.717) is 0 Å². The van der Waals surface area contributed by atoms with Crippen molar-refractivity contribution in [3.63, 3.8) is 0 Å². The monoisotopic (exact) mass is 831 g/mol. The van der Waals surface area contributed by atoms with E-state index < -0.39 is 8.07 Å². The highest BCUT2D eigenvalue weighted by atomic mass is 28.3. The molecule has 0 radical (unpaired) electrons. The molecular formula is C60H41N3Si. The fourth-order valence-corrected chi connectivity index (χ4v) is 15.7. The van der Waals surface area contributed by atoms with Crippen molar-refractivity contribution in [2.75, 3.05) is 0 Å². The molecule has 0 spiro atoms. The van der Waals surface area contributed by atoms with Gasteiger partial charge in [-0.1, -0.05) is 176 Å². The van der Waals surface area contributed by atoms with E-state index in [1.165, 1.54) is 86.2 Å². The summed E-state index contributed by atoms with van der Waals surface area (Å²) in [6, 6.07) is 92.3. The summed E-state index contributed by atoms with van der Waals surface area (Å²) in [4.78, 5) is 0. The van der Waals surface area contributed by atoms with Crippen molar-refractivity contribution in [1.29, 1.82) is 0 Å². The van der Waals surface area contributed by atoms with Crippen LogP contribution in [0.5, 0.6) is 0 Å². The van der Waals surface area contributed by atoms with E-state index in [-0.39, 0.29) is 0 Å². The summed E-state index contributed by atoms with van der Waals surface area (Å²) in [6.45, 7) is 0. The van der Waals surface area contributed by atoms with Gasteiger partial charge in [-0.2, -0.15) is 0 Å². The van der Waals surface area contributed by atoms with Crippen LogP contribution in [0.15, 0.2) is 249 Å².